The Bertz CT molecular complexity index is 876. The molecule has 0 spiro atoms. The first-order chi connectivity index (χ1) is 11.9. The van der Waals surface area contributed by atoms with E-state index in [0.29, 0.717) is 0 Å². The molecule has 2 heteroatoms. The smallest absolute Gasteiger partial charge is 0.319 e. The van der Waals surface area contributed by atoms with Gasteiger partial charge in [0.25, 0.3) is 0 Å². The average Bonchev–Trinajstić information content (AvgIpc) is 2.80. The number of aryl methyl sites for hydroxylation is 2. The van der Waals surface area contributed by atoms with Crippen LogP contribution in [0, 0.1) is 19.3 Å². The van der Waals surface area contributed by atoms with Crippen molar-refractivity contribution >= 4 is 5.97 Å². The molecule has 0 bridgehead atoms. The highest BCUT2D eigenvalue weighted by Crippen LogP contribution is 2.52. The summed E-state index contributed by atoms with van der Waals surface area (Å²) in [6.07, 6.45) is 0. The molecule has 0 amide bonds. The molecule has 1 aliphatic heterocycles. The Labute approximate surface area is 157 Å². The largest absolute Gasteiger partial charge is 0.426 e. The molecule has 0 aromatic heterocycles. The van der Waals surface area contributed by atoms with Gasteiger partial charge in [-0.25, -0.2) is 0 Å². The molecule has 26 heavy (non-hydrogen) atoms. The van der Waals surface area contributed by atoms with E-state index >= 15 is 0 Å². The number of benzene rings is 2. The molecule has 0 saturated carbocycles. The highest BCUT2D eigenvalue weighted by Gasteiger charge is 2.45. The maximum atomic E-state index is 12.7. The molecule has 1 aliphatic rings. The number of hydrogen-bond donors (Lipinski definition) is 0. The summed E-state index contributed by atoms with van der Waals surface area (Å²) in [4.78, 5) is 12.7. The zero-order valence-corrected chi connectivity index (χ0v) is 17.3. The molecule has 1 unspecified atom stereocenters. The predicted molar refractivity (Wildman–Crippen MR) is 108 cm³/mol. The van der Waals surface area contributed by atoms with Gasteiger partial charge in [-0.15, -0.1) is 0 Å². The van der Waals surface area contributed by atoms with Crippen LogP contribution in [0.5, 0.6) is 5.75 Å². The summed E-state index contributed by atoms with van der Waals surface area (Å²) in [6, 6.07) is 10.7. The van der Waals surface area contributed by atoms with Gasteiger partial charge in [-0.3, -0.25) is 4.79 Å². The fourth-order valence-corrected chi connectivity index (χ4v) is 4.20. The summed E-state index contributed by atoms with van der Waals surface area (Å²) in [5.74, 6) is 0.363. The molecular formula is C24H30O2. The van der Waals surface area contributed by atoms with Gasteiger partial charge in [-0.1, -0.05) is 71.4 Å². The van der Waals surface area contributed by atoms with Crippen LogP contribution in [-0.2, 0) is 10.2 Å². The average molecular weight is 351 g/mol. The van der Waals surface area contributed by atoms with Crippen molar-refractivity contribution in [2.75, 3.05) is 0 Å². The molecular weight excluding hydrogens is 320 g/mol. The molecule has 1 atom stereocenters. The maximum absolute atomic E-state index is 12.7. The van der Waals surface area contributed by atoms with E-state index in [4.69, 9.17) is 4.74 Å². The van der Waals surface area contributed by atoms with E-state index in [0.717, 1.165) is 11.3 Å². The minimum Gasteiger partial charge on any atom is -0.426 e. The van der Waals surface area contributed by atoms with Crippen LogP contribution in [0.2, 0.25) is 0 Å². The highest BCUT2D eigenvalue weighted by molar-refractivity contribution is 5.90. The molecule has 2 aromatic carbocycles. The molecule has 138 valence electrons. The zero-order valence-electron chi connectivity index (χ0n) is 17.3. The minimum absolute atomic E-state index is 0.102. The van der Waals surface area contributed by atoms with E-state index in [9.17, 15) is 4.79 Å². The number of fused-ring (bicyclic) bond motifs is 1. The third-order valence-electron chi connectivity index (χ3n) is 5.23. The third-order valence-corrected chi connectivity index (χ3v) is 5.23. The van der Waals surface area contributed by atoms with E-state index in [1.807, 2.05) is 6.07 Å². The van der Waals surface area contributed by atoms with E-state index in [1.165, 1.54) is 27.8 Å². The summed E-state index contributed by atoms with van der Waals surface area (Å²) in [7, 11) is 0. The predicted octanol–water partition coefficient (Wildman–Crippen LogP) is 6.32. The summed E-state index contributed by atoms with van der Waals surface area (Å²) < 4.78 is 5.68. The van der Waals surface area contributed by atoms with Crippen molar-refractivity contribution in [3.05, 3.63) is 52.6 Å². The summed E-state index contributed by atoms with van der Waals surface area (Å²) in [6.45, 7) is 17.3. The lowest BCUT2D eigenvalue weighted by Gasteiger charge is -2.31. The molecule has 3 rings (SSSR count). The van der Waals surface area contributed by atoms with Gasteiger partial charge in [-0.2, -0.15) is 0 Å². The van der Waals surface area contributed by atoms with Crippen LogP contribution in [0.25, 0.3) is 11.1 Å². The third kappa shape index (κ3) is 3.06. The Hall–Kier alpha value is -2.09. The van der Waals surface area contributed by atoms with Crippen molar-refractivity contribution in [3.8, 4) is 16.9 Å². The number of rotatable bonds is 1. The minimum atomic E-state index is -0.238. The Morgan fingerprint density at radius 1 is 0.885 bits per heavy atom. The molecule has 2 nitrogen and oxygen atoms in total. The second kappa shape index (κ2) is 5.97. The molecule has 0 saturated heterocycles. The van der Waals surface area contributed by atoms with E-state index in [1.54, 1.807) is 0 Å². The number of carbonyl (C=O) groups is 1. The monoisotopic (exact) mass is 350 g/mol. The van der Waals surface area contributed by atoms with Gasteiger partial charge in [0, 0.05) is 5.56 Å². The van der Waals surface area contributed by atoms with Gasteiger partial charge in [-0.05, 0) is 53.0 Å². The molecule has 2 aromatic rings. The number of ether oxygens (including phenoxy) is 1. The molecule has 0 radical (unpaired) electrons. The van der Waals surface area contributed by atoms with Gasteiger partial charge < -0.3 is 4.74 Å². The van der Waals surface area contributed by atoms with Crippen molar-refractivity contribution in [3.63, 3.8) is 0 Å². The number of carbonyl (C=O) groups excluding carboxylic acids is 1. The SMILES string of the molecule is Cc1ccc(-c2ccc3c(c2C(C)(C)C)C(C(C)(C)C)C(=O)O3)c(C)c1. The van der Waals surface area contributed by atoms with Gasteiger partial charge >= 0.3 is 5.97 Å². The van der Waals surface area contributed by atoms with Gasteiger partial charge in [0.05, 0.1) is 5.92 Å². The standard InChI is InChI=1S/C24H30O2/c1-14-9-10-16(15(2)13-14)17-11-12-18-19(20(17)23(3,4)5)21(22(25)26-18)24(6,7)8/h9-13,21H,1-8H3. The quantitative estimate of drug-likeness (QED) is 0.444. The highest BCUT2D eigenvalue weighted by atomic mass is 16.5. The van der Waals surface area contributed by atoms with Crippen molar-refractivity contribution in [1.29, 1.82) is 0 Å². The first-order valence-corrected chi connectivity index (χ1v) is 9.38. The molecule has 0 fully saturated rings. The fourth-order valence-electron chi connectivity index (χ4n) is 4.20. The van der Waals surface area contributed by atoms with Crippen LogP contribution in [0.15, 0.2) is 30.3 Å². The van der Waals surface area contributed by atoms with Crippen LogP contribution in [0.4, 0.5) is 0 Å². The molecule has 0 aliphatic carbocycles. The lowest BCUT2D eigenvalue weighted by Crippen LogP contribution is -2.27. The lowest BCUT2D eigenvalue weighted by molar-refractivity contribution is -0.136. The fraction of sp³-hybridized carbons (Fsp3) is 0.458. The molecule has 0 N–H and O–H groups in total. The summed E-state index contributed by atoms with van der Waals surface area (Å²) in [5, 5.41) is 0. The second-order valence-electron chi connectivity index (χ2n) is 9.69. The van der Waals surface area contributed by atoms with E-state index < -0.39 is 0 Å². The van der Waals surface area contributed by atoms with Crippen molar-refractivity contribution < 1.29 is 9.53 Å². The Kier molecular flexibility index (Phi) is 4.29. The van der Waals surface area contributed by atoms with Crippen molar-refractivity contribution in [2.24, 2.45) is 5.41 Å². The van der Waals surface area contributed by atoms with Crippen LogP contribution in [-0.4, -0.2) is 5.97 Å². The van der Waals surface area contributed by atoms with Gasteiger partial charge in [0.15, 0.2) is 0 Å². The normalized spacial score (nSPS) is 17.2. The van der Waals surface area contributed by atoms with Gasteiger partial charge in [0.1, 0.15) is 5.75 Å². The Morgan fingerprint density at radius 3 is 2.04 bits per heavy atom. The topological polar surface area (TPSA) is 26.3 Å². The number of hydrogen-bond acceptors (Lipinski definition) is 2. The van der Waals surface area contributed by atoms with Crippen molar-refractivity contribution in [1.82, 2.24) is 0 Å². The lowest BCUT2D eigenvalue weighted by atomic mass is 9.70. The zero-order chi connectivity index (χ0) is 19.4. The van der Waals surface area contributed by atoms with Crippen LogP contribution >= 0.6 is 0 Å². The first-order valence-electron chi connectivity index (χ1n) is 9.38. The summed E-state index contributed by atoms with van der Waals surface area (Å²) in [5.41, 5.74) is 6.97. The first kappa shape index (κ1) is 18.7. The van der Waals surface area contributed by atoms with Crippen molar-refractivity contribution in [2.45, 2.75) is 66.7 Å². The van der Waals surface area contributed by atoms with E-state index in [2.05, 4.69) is 79.7 Å². The Balaban J connectivity index is 2.37. The maximum Gasteiger partial charge on any atom is 0.319 e. The van der Waals surface area contributed by atoms with Crippen LogP contribution < -0.4 is 4.74 Å². The second-order valence-corrected chi connectivity index (χ2v) is 9.69. The summed E-state index contributed by atoms with van der Waals surface area (Å²) >= 11 is 0. The van der Waals surface area contributed by atoms with Crippen LogP contribution in [0.1, 0.15) is 69.7 Å². The molecule has 1 heterocycles. The number of esters is 1. The van der Waals surface area contributed by atoms with E-state index in [-0.39, 0.29) is 22.7 Å². The van der Waals surface area contributed by atoms with Crippen LogP contribution in [0.3, 0.4) is 0 Å². The van der Waals surface area contributed by atoms with Gasteiger partial charge in [0.2, 0.25) is 0 Å². The Morgan fingerprint density at radius 2 is 1.50 bits per heavy atom.